The maximum Gasteiger partial charge on any atom is 0.251 e. The van der Waals surface area contributed by atoms with E-state index in [0.29, 0.717) is 24.2 Å². The maximum atomic E-state index is 12.3. The zero-order valence-corrected chi connectivity index (χ0v) is 14.5. The van der Waals surface area contributed by atoms with Gasteiger partial charge in [-0.2, -0.15) is 0 Å². The van der Waals surface area contributed by atoms with Crippen LogP contribution in [0.5, 0.6) is 5.75 Å². The molecule has 25 heavy (non-hydrogen) atoms. The fraction of sp³-hybridized carbons (Fsp3) is 0.300. The molecule has 0 spiro atoms. The number of hydrogen-bond donors (Lipinski definition) is 2. The van der Waals surface area contributed by atoms with Gasteiger partial charge in [0.1, 0.15) is 5.75 Å². The molecular weight excluding hydrogens is 316 g/mol. The molecule has 1 atom stereocenters. The predicted octanol–water partition coefficient (Wildman–Crippen LogP) is 3.15. The number of benzene rings is 2. The second-order valence-electron chi connectivity index (χ2n) is 6.43. The van der Waals surface area contributed by atoms with E-state index in [4.69, 9.17) is 4.74 Å². The number of para-hydroxylation sites is 1. The molecule has 1 heterocycles. The van der Waals surface area contributed by atoms with Gasteiger partial charge >= 0.3 is 0 Å². The fourth-order valence-corrected chi connectivity index (χ4v) is 3.14. The van der Waals surface area contributed by atoms with E-state index in [1.807, 2.05) is 43.3 Å². The van der Waals surface area contributed by atoms with Crippen LogP contribution >= 0.6 is 0 Å². The minimum absolute atomic E-state index is 0.0549. The first-order valence-corrected chi connectivity index (χ1v) is 8.39. The van der Waals surface area contributed by atoms with E-state index in [9.17, 15) is 9.59 Å². The van der Waals surface area contributed by atoms with Crippen molar-refractivity contribution in [2.45, 2.75) is 26.3 Å². The van der Waals surface area contributed by atoms with Gasteiger partial charge in [-0.05, 0) is 41.7 Å². The Morgan fingerprint density at radius 2 is 2.08 bits per heavy atom. The van der Waals surface area contributed by atoms with Crippen molar-refractivity contribution in [1.82, 2.24) is 5.32 Å². The van der Waals surface area contributed by atoms with Crippen molar-refractivity contribution in [3.05, 3.63) is 59.2 Å². The molecule has 2 amide bonds. The van der Waals surface area contributed by atoms with Crippen LogP contribution in [0.2, 0.25) is 0 Å². The number of hydrogen-bond acceptors (Lipinski definition) is 3. The number of nitrogens with one attached hydrogen (secondary N) is 2. The highest BCUT2D eigenvalue weighted by molar-refractivity contribution is 6.00. The summed E-state index contributed by atoms with van der Waals surface area (Å²) in [7, 11) is 1.65. The number of amides is 2. The van der Waals surface area contributed by atoms with Crippen LogP contribution in [0.4, 0.5) is 5.69 Å². The normalized spacial score (nSPS) is 13.8. The van der Waals surface area contributed by atoms with E-state index in [0.717, 1.165) is 23.3 Å². The third-order valence-electron chi connectivity index (χ3n) is 4.37. The Hall–Kier alpha value is -2.82. The molecular formula is C20H22N2O3. The third-order valence-corrected chi connectivity index (χ3v) is 4.37. The van der Waals surface area contributed by atoms with Gasteiger partial charge in [0.05, 0.1) is 7.11 Å². The lowest BCUT2D eigenvalue weighted by molar-refractivity contribution is -0.116. The van der Waals surface area contributed by atoms with Gasteiger partial charge in [-0.1, -0.05) is 31.2 Å². The Morgan fingerprint density at radius 1 is 1.28 bits per heavy atom. The van der Waals surface area contributed by atoms with Gasteiger partial charge in [-0.25, -0.2) is 0 Å². The van der Waals surface area contributed by atoms with E-state index >= 15 is 0 Å². The summed E-state index contributed by atoms with van der Waals surface area (Å²) >= 11 is 0. The lowest BCUT2D eigenvalue weighted by atomic mass is 9.97. The highest BCUT2D eigenvalue weighted by Gasteiger charge is 2.19. The lowest BCUT2D eigenvalue weighted by Gasteiger charge is -2.14. The summed E-state index contributed by atoms with van der Waals surface area (Å²) in [5.74, 6) is 0.879. The SMILES string of the molecule is COc1ccccc1C[C@@H](C)CC(=O)Nc1ccc2c(c1)C(=O)NC2. The summed E-state index contributed by atoms with van der Waals surface area (Å²) in [6, 6.07) is 13.3. The van der Waals surface area contributed by atoms with Crippen molar-refractivity contribution >= 4 is 17.5 Å². The number of carbonyl (C=O) groups is 2. The first-order chi connectivity index (χ1) is 12.1. The second-order valence-corrected chi connectivity index (χ2v) is 6.43. The molecule has 0 unspecified atom stereocenters. The molecule has 0 aromatic heterocycles. The highest BCUT2D eigenvalue weighted by atomic mass is 16.5. The molecule has 130 valence electrons. The van der Waals surface area contributed by atoms with Crippen molar-refractivity contribution in [3.63, 3.8) is 0 Å². The molecule has 2 N–H and O–H groups in total. The Balaban J connectivity index is 1.59. The van der Waals surface area contributed by atoms with Gasteiger partial charge in [0.2, 0.25) is 5.91 Å². The zero-order chi connectivity index (χ0) is 17.8. The van der Waals surface area contributed by atoms with Crippen LogP contribution in [-0.2, 0) is 17.8 Å². The van der Waals surface area contributed by atoms with Crippen LogP contribution in [0.15, 0.2) is 42.5 Å². The first-order valence-electron chi connectivity index (χ1n) is 8.39. The molecule has 0 saturated heterocycles. The number of anilines is 1. The van der Waals surface area contributed by atoms with Crippen LogP contribution in [0, 0.1) is 5.92 Å². The standard InChI is InChI=1S/C20H22N2O3/c1-13(9-14-5-3-4-6-18(14)25-2)10-19(23)22-16-8-7-15-12-21-20(24)17(15)11-16/h3-8,11,13H,9-10,12H2,1-2H3,(H,21,24)(H,22,23)/t13-/m1/s1. The summed E-state index contributed by atoms with van der Waals surface area (Å²) in [5, 5.41) is 5.66. The van der Waals surface area contributed by atoms with Crippen LogP contribution in [0.25, 0.3) is 0 Å². The van der Waals surface area contributed by atoms with Gasteiger partial charge in [0, 0.05) is 24.2 Å². The van der Waals surface area contributed by atoms with Crippen LogP contribution in [0.1, 0.15) is 34.8 Å². The van der Waals surface area contributed by atoms with Gasteiger partial charge in [-0.3, -0.25) is 9.59 Å². The molecule has 1 aliphatic heterocycles. The predicted molar refractivity (Wildman–Crippen MR) is 96.7 cm³/mol. The minimum Gasteiger partial charge on any atom is -0.496 e. The first kappa shape index (κ1) is 17.0. The van der Waals surface area contributed by atoms with Crippen molar-refractivity contribution in [3.8, 4) is 5.75 Å². The molecule has 0 fully saturated rings. The third kappa shape index (κ3) is 3.99. The fourth-order valence-electron chi connectivity index (χ4n) is 3.14. The van der Waals surface area contributed by atoms with Crippen LogP contribution in [0.3, 0.4) is 0 Å². The number of methoxy groups -OCH3 is 1. The summed E-state index contributed by atoms with van der Waals surface area (Å²) in [4.78, 5) is 24.0. The minimum atomic E-state index is -0.0874. The van der Waals surface area contributed by atoms with E-state index in [1.165, 1.54) is 0 Å². The molecule has 0 radical (unpaired) electrons. The Bertz CT molecular complexity index is 801. The Labute approximate surface area is 147 Å². The van der Waals surface area contributed by atoms with Crippen LogP contribution < -0.4 is 15.4 Å². The van der Waals surface area contributed by atoms with E-state index < -0.39 is 0 Å². The Kier molecular flexibility index (Phi) is 5.03. The van der Waals surface area contributed by atoms with E-state index in [1.54, 1.807) is 13.2 Å². The van der Waals surface area contributed by atoms with E-state index in [-0.39, 0.29) is 17.7 Å². The molecule has 5 nitrogen and oxygen atoms in total. The monoisotopic (exact) mass is 338 g/mol. The largest absolute Gasteiger partial charge is 0.496 e. The number of carbonyl (C=O) groups excluding carboxylic acids is 2. The molecule has 3 rings (SSSR count). The molecule has 5 heteroatoms. The van der Waals surface area contributed by atoms with Gasteiger partial charge < -0.3 is 15.4 Å². The van der Waals surface area contributed by atoms with E-state index in [2.05, 4.69) is 10.6 Å². The van der Waals surface area contributed by atoms with Crippen molar-refractivity contribution in [2.75, 3.05) is 12.4 Å². The molecule has 2 aromatic rings. The summed E-state index contributed by atoms with van der Waals surface area (Å²) in [6.45, 7) is 2.60. The lowest BCUT2D eigenvalue weighted by Crippen LogP contribution is -2.17. The van der Waals surface area contributed by atoms with Crippen molar-refractivity contribution < 1.29 is 14.3 Å². The average molecular weight is 338 g/mol. The van der Waals surface area contributed by atoms with Crippen molar-refractivity contribution in [2.24, 2.45) is 5.92 Å². The number of rotatable bonds is 6. The molecule has 2 aromatic carbocycles. The van der Waals surface area contributed by atoms with Gasteiger partial charge in [0.25, 0.3) is 5.91 Å². The highest BCUT2D eigenvalue weighted by Crippen LogP contribution is 2.23. The summed E-state index contributed by atoms with van der Waals surface area (Å²) < 4.78 is 5.36. The van der Waals surface area contributed by atoms with Gasteiger partial charge in [0.15, 0.2) is 0 Å². The number of fused-ring (bicyclic) bond motifs is 1. The average Bonchev–Trinajstić information content (AvgIpc) is 2.96. The molecule has 1 aliphatic rings. The molecule has 0 saturated carbocycles. The topological polar surface area (TPSA) is 67.4 Å². The molecule has 0 bridgehead atoms. The summed E-state index contributed by atoms with van der Waals surface area (Å²) in [5.41, 5.74) is 3.36. The van der Waals surface area contributed by atoms with Crippen LogP contribution in [-0.4, -0.2) is 18.9 Å². The quantitative estimate of drug-likeness (QED) is 0.850. The van der Waals surface area contributed by atoms with Crippen molar-refractivity contribution in [1.29, 1.82) is 0 Å². The smallest absolute Gasteiger partial charge is 0.251 e. The summed E-state index contributed by atoms with van der Waals surface area (Å²) in [6.07, 6.45) is 1.17. The molecule has 0 aliphatic carbocycles. The second kappa shape index (κ2) is 7.38. The Morgan fingerprint density at radius 3 is 2.88 bits per heavy atom. The maximum absolute atomic E-state index is 12.3. The zero-order valence-electron chi connectivity index (χ0n) is 14.5. The van der Waals surface area contributed by atoms with Gasteiger partial charge in [-0.15, -0.1) is 0 Å². The number of ether oxygens (including phenoxy) is 1.